The molecule has 0 aliphatic rings. The summed E-state index contributed by atoms with van der Waals surface area (Å²) >= 11 is 5.95. The Morgan fingerprint density at radius 3 is 2.77 bits per heavy atom. The van der Waals surface area contributed by atoms with E-state index in [1.54, 1.807) is 55.0 Å². The lowest BCUT2D eigenvalue weighted by Crippen LogP contribution is -2.26. The second-order valence-electron chi connectivity index (χ2n) is 7.86. The van der Waals surface area contributed by atoms with Gasteiger partial charge in [0, 0.05) is 46.0 Å². The number of phenols is 1. The van der Waals surface area contributed by atoms with E-state index in [0.29, 0.717) is 39.8 Å². The minimum atomic E-state index is -0.682. The molecular formula is C25H24ClFN6O2. The van der Waals surface area contributed by atoms with Gasteiger partial charge in [-0.05, 0) is 61.4 Å². The van der Waals surface area contributed by atoms with Crippen LogP contribution in [-0.4, -0.2) is 32.5 Å². The van der Waals surface area contributed by atoms with Gasteiger partial charge >= 0.3 is 0 Å². The van der Waals surface area contributed by atoms with E-state index in [1.807, 2.05) is 0 Å². The molecule has 2 aromatic heterocycles. The summed E-state index contributed by atoms with van der Waals surface area (Å²) in [6, 6.07) is 12.9. The minimum absolute atomic E-state index is 0.0136. The smallest absolute Gasteiger partial charge is 0.255 e. The number of nitrogen functional groups attached to an aromatic ring is 1. The van der Waals surface area contributed by atoms with Crippen LogP contribution in [0.2, 0.25) is 5.02 Å². The van der Waals surface area contributed by atoms with Crippen LogP contribution >= 0.6 is 11.6 Å². The molecule has 0 unspecified atom stereocenters. The van der Waals surface area contributed by atoms with E-state index in [-0.39, 0.29) is 23.0 Å². The maximum Gasteiger partial charge on any atom is 0.255 e. The molecule has 2 heterocycles. The van der Waals surface area contributed by atoms with Crippen LogP contribution in [0.5, 0.6) is 5.75 Å². The minimum Gasteiger partial charge on any atom is -0.507 e. The molecule has 0 radical (unpaired) electrons. The van der Waals surface area contributed by atoms with Gasteiger partial charge in [0.1, 0.15) is 18.2 Å². The van der Waals surface area contributed by atoms with Crippen molar-refractivity contribution in [1.82, 2.24) is 20.3 Å². The van der Waals surface area contributed by atoms with Crippen molar-refractivity contribution < 1.29 is 14.3 Å². The number of aromatic hydroxyl groups is 1. The Hall–Kier alpha value is -4.11. The summed E-state index contributed by atoms with van der Waals surface area (Å²) in [6.45, 7) is -0.211. The fourth-order valence-corrected chi connectivity index (χ4v) is 3.78. The molecule has 0 spiro atoms. The lowest BCUT2D eigenvalue weighted by molar-refractivity contribution is 0.0954. The molecule has 0 saturated heterocycles. The van der Waals surface area contributed by atoms with Crippen molar-refractivity contribution in [3.05, 3.63) is 82.9 Å². The van der Waals surface area contributed by atoms with Crippen molar-refractivity contribution >= 4 is 34.7 Å². The number of benzene rings is 2. The van der Waals surface area contributed by atoms with Gasteiger partial charge in [0.05, 0.1) is 17.6 Å². The number of carbonyl (C=O) groups is 1. The van der Waals surface area contributed by atoms with Crippen LogP contribution in [0, 0.1) is 0 Å². The number of alkyl halides is 1. The fourth-order valence-electron chi connectivity index (χ4n) is 3.58. The molecule has 1 amide bonds. The molecule has 0 aliphatic heterocycles. The van der Waals surface area contributed by atoms with Crippen LogP contribution in [0.15, 0.2) is 61.1 Å². The highest BCUT2D eigenvalue weighted by Gasteiger charge is 2.15. The lowest BCUT2D eigenvalue weighted by Gasteiger charge is -2.13. The molecule has 0 bridgehead atoms. The first-order valence-corrected chi connectivity index (χ1v) is 11.3. The number of aryl methyl sites for hydroxylation is 1. The maximum absolute atomic E-state index is 13.4. The van der Waals surface area contributed by atoms with Gasteiger partial charge < -0.3 is 26.5 Å². The number of nitrogens with zero attached hydrogens (tertiary/aromatic N) is 2. The average Bonchev–Trinajstić information content (AvgIpc) is 3.37. The molecule has 35 heavy (non-hydrogen) atoms. The van der Waals surface area contributed by atoms with Gasteiger partial charge in [0.2, 0.25) is 0 Å². The van der Waals surface area contributed by atoms with Crippen molar-refractivity contribution in [1.29, 1.82) is 0 Å². The molecule has 0 atom stereocenters. The summed E-state index contributed by atoms with van der Waals surface area (Å²) in [5.41, 5.74) is 9.68. The van der Waals surface area contributed by atoms with E-state index in [4.69, 9.17) is 17.3 Å². The van der Waals surface area contributed by atoms with Crippen LogP contribution < -0.4 is 16.4 Å². The first kappa shape index (κ1) is 24.0. The van der Waals surface area contributed by atoms with Gasteiger partial charge in [-0.25, -0.2) is 14.4 Å². The molecular weight excluding hydrogens is 471 g/mol. The number of phenolic OH excluding ortho intramolecular Hbond substituents is 1. The summed E-state index contributed by atoms with van der Waals surface area (Å²) in [7, 11) is 0. The van der Waals surface area contributed by atoms with Crippen LogP contribution in [0.3, 0.4) is 0 Å². The zero-order chi connectivity index (χ0) is 24.8. The topological polar surface area (TPSA) is 129 Å². The van der Waals surface area contributed by atoms with Gasteiger partial charge in [0.25, 0.3) is 5.91 Å². The molecule has 4 rings (SSSR count). The number of hydrogen-bond donors (Lipinski definition) is 5. The standard InChI is InChI=1S/C25H24ClFN6O2/c26-16-3-6-21(15(10-16)12-27)32-17-4-8-23(34)20(11-17)22-7-5-19(24(28)33-22)25(35)30-9-1-2-18-13-29-14-31-18/h3-8,10-11,13-14,32,34H,1-2,9,12H2,(H2,28,33)(H,29,31)(H,30,35). The Bertz CT molecular complexity index is 1330. The quantitative estimate of drug-likeness (QED) is 0.165. The third-order valence-corrected chi connectivity index (χ3v) is 5.63. The Morgan fingerprint density at radius 2 is 2.03 bits per heavy atom. The highest BCUT2D eigenvalue weighted by atomic mass is 35.5. The molecule has 180 valence electrons. The van der Waals surface area contributed by atoms with Gasteiger partial charge in [-0.3, -0.25) is 4.79 Å². The first-order chi connectivity index (χ1) is 16.9. The monoisotopic (exact) mass is 494 g/mol. The molecule has 6 N–H and O–H groups in total. The number of H-pyrrole nitrogens is 1. The number of nitrogens with two attached hydrogens (primary N) is 1. The summed E-state index contributed by atoms with van der Waals surface area (Å²) in [5.74, 6) is -0.295. The Labute approximate surface area is 206 Å². The number of hydrogen-bond acceptors (Lipinski definition) is 6. The second kappa shape index (κ2) is 10.9. The van der Waals surface area contributed by atoms with Crippen molar-refractivity contribution in [2.24, 2.45) is 0 Å². The fraction of sp³-hybridized carbons (Fsp3) is 0.160. The third kappa shape index (κ3) is 5.88. The normalized spacial score (nSPS) is 10.8. The lowest BCUT2D eigenvalue weighted by atomic mass is 10.1. The van der Waals surface area contributed by atoms with Crippen molar-refractivity contribution in [2.75, 3.05) is 17.6 Å². The van der Waals surface area contributed by atoms with Crippen molar-refractivity contribution in [3.8, 4) is 17.0 Å². The summed E-state index contributed by atoms with van der Waals surface area (Å²) in [5, 5.41) is 16.8. The van der Waals surface area contributed by atoms with Crippen LogP contribution in [0.25, 0.3) is 11.3 Å². The molecule has 8 nitrogen and oxygen atoms in total. The number of aromatic nitrogens is 3. The predicted octanol–water partition coefficient (Wildman–Crippen LogP) is 4.99. The van der Waals surface area contributed by atoms with Gasteiger partial charge in [-0.2, -0.15) is 0 Å². The highest BCUT2D eigenvalue weighted by Crippen LogP contribution is 2.33. The average molecular weight is 495 g/mol. The zero-order valence-electron chi connectivity index (χ0n) is 18.7. The number of nitrogens with one attached hydrogen (secondary N) is 3. The molecule has 0 fully saturated rings. The molecule has 0 aliphatic carbocycles. The van der Waals surface area contributed by atoms with Crippen LogP contribution in [0.4, 0.5) is 21.6 Å². The number of carbonyl (C=O) groups excluding carboxylic acids is 1. The van der Waals surface area contributed by atoms with E-state index >= 15 is 0 Å². The maximum atomic E-state index is 13.4. The Balaban J connectivity index is 1.47. The highest BCUT2D eigenvalue weighted by molar-refractivity contribution is 6.30. The second-order valence-corrected chi connectivity index (χ2v) is 8.29. The molecule has 10 heteroatoms. The van der Waals surface area contributed by atoms with Gasteiger partial charge in [-0.1, -0.05) is 11.6 Å². The largest absolute Gasteiger partial charge is 0.507 e. The summed E-state index contributed by atoms with van der Waals surface area (Å²) in [4.78, 5) is 23.8. The van der Waals surface area contributed by atoms with Crippen molar-refractivity contribution in [3.63, 3.8) is 0 Å². The molecule has 2 aromatic carbocycles. The van der Waals surface area contributed by atoms with Crippen LogP contribution in [-0.2, 0) is 13.1 Å². The van der Waals surface area contributed by atoms with E-state index in [2.05, 4.69) is 25.6 Å². The number of aromatic amines is 1. The molecule has 4 aromatic rings. The summed E-state index contributed by atoms with van der Waals surface area (Å²) < 4.78 is 13.4. The number of pyridine rings is 1. The first-order valence-electron chi connectivity index (χ1n) is 10.9. The Kier molecular flexibility index (Phi) is 7.47. The van der Waals surface area contributed by atoms with E-state index < -0.39 is 6.67 Å². The van der Waals surface area contributed by atoms with Gasteiger partial charge in [0.15, 0.2) is 0 Å². The van der Waals surface area contributed by atoms with E-state index in [0.717, 1.165) is 18.5 Å². The van der Waals surface area contributed by atoms with Crippen molar-refractivity contribution in [2.45, 2.75) is 19.5 Å². The number of imidazole rings is 1. The predicted molar refractivity (Wildman–Crippen MR) is 135 cm³/mol. The number of rotatable bonds is 9. The molecule has 0 saturated carbocycles. The number of halogens is 2. The van der Waals surface area contributed by atoms with E-state index in [9.17, 15) is 14.3 Å². The number of amides is 1. The Morgan fingerprint density at radius 1 is 1.17 bits per heavy atom. The van der Waals surface area contributed by atoms with Crippen LogP contribution in [0.1, 0.15) is 28.0 Å². The third-order valence-electron chi connectivity index (χ3n) is 5.40. The van der Waals surface area contributed by atoms with E-state index in [1.165, 1.54) is 6.07 Å². The van der Waals surface area contributed by atoms with Gasteiger partial charge in [-0.15, -0.1) is 0 Å². The number of anilines is 3. The zero-order valence-corrected chi connectivity index (χ0v) is 19.4. The summed E-state index contributed by atoms with van der Waals surface area (Å²) in [6.07, 6.45) is 4.87. The SMILES string of the molecule is Nc1nc(-c2cc(Nc3ccc(Cl)cc3CF)ccc2O)ccc1C(=O)NCCCc1cnc[nH]1.